The Labute approximate surface area is 92.5 Å². The molecule has 16 heavy (non-hydrogen) atoms. The van der Waals surface area contributed by atoms with Crippen LogP contribution in [0.15, 0.2) is 47.3 Å². The summed E-state index contributed by atoms with van der Waals surface area (Å²) in [6, 6.07) is 6.73. The average molecular weight is 217 g/mol. The zero-order chi connectivity index (χ0) is 11.2. The summed E-state index contributed by atoms with van der Waals surface area (Å²) in [5.74, 6) is 0.713. The highest BCUT2D eigenvalue weighted by molar-refractivity contribution is 5.88. The van der Waals surface area contributed by atoms with Gasteiger partial charge in [0.15, 0.2) is 0 Å². The summed E-state index contributed by atoms with van der Waals surface area (Å²) in [6.45, 7) is 0.365. The third-order valence-electron chi connectivity index (χ3n) is 1.94. The molecule has 0 bridgehead atoms. The molecule has 0 unspecified atom stereocenters. The van der Waals surface area contributed by atoms with Gasteiger partial charge in [-0.2, -0.15) is 0 Å². The summed E-state index contributed by atoms with van der Waals surface area (Å²) in [7, 11) is 0. The molecule has 5 nitrogen and oxygen atoms in total. The van der Waals surface area contributed by atoms with Gasteiger partial charge in [0.05, 0.1) is 12.8 Å². The van der Waals surface area contributed by atoms with Gasteiger partial charge in [0.25, 0.3) is 0 Å². The van der Waals surface area contributed by atoms with Crippen LogP contribution < -0.4 is 10.6 Å². The number of nitrogens with one attached hydrogen (secondary N) is 2. The molecule has 2 N–H and O–H groups in total. The average Bonchev–Trinajstić information content (AvgIpc) is 2.81. The lowest BCUT2D eigenvalue weighted by Crippen LogP contribution is -2.27. The van der Waals surface area contributed by atoms with Crippen molar-refractivity contribution < 1.29 is 9.21 Å². The van der Waals surface area contributed by atoms with Gasteiger partial charge in [0.2, 0.25) is 0 Å². The maximum Gasteiger partial charge on any atom is 0.319 e. The lowest BCUT2D eigenvalue weighted by atomic mass is 10.4. The molecule has 0 aliphatic carbocycles. The van der Waals surface area contributed by atoms with Crippen LogP contribution in [0.1, 0.15) is 5.76 Å². The molecule has 82 valence electrons. The first-order chi connectivity index (χ1) is 7.84. The summed E-state index contributed by atoms with van der Waals surface area (Å²) >= 11 is 0. The minimum absolute atomic E-state index is 0.275. The van der Waals surface area contributed by atoms with Gasteiger partial charge in [-0.1, -0.05) is 0 Å². The van der Waals surface area contributed by atoms with Crippen LogP contribution in [0, 0.1) is 0 Å². The Hall–Kier alpha value is -2.30. The Bertz CT molecular complexity index is 440. The molecule has 2 rings (SSSR count). The predicted molar refractivity (Wildman–Crippen MR) is 58.8 cm³/mol. The minimum atomic E-state index is -0.275. The summed E-state index contributed by atoms with van der Waals surface area (Å²) in [5.41, 5.74) is 0.701. The van der Waals surface area contributed by atoms with Crippen molar-refractivity contribution in [3.63, 3.8) is 0 Å². The van der Waals surface area contributed by atoms with E-state index in [0.29, 0.717) is 18.0 Å². The van der Waals surface area contributed by atoms with E-state index in [1.165, 1.54) is 0 Å². The summed E-state index contributed by atoms with van der Waals surface area (Å²) in [4.78, 5) is 15.3. The number of aromatic nitrogens is 1. The Morgan fingerprint density at radius 1 is 1.31 bits per heavy atom. The second kappa shape index (κ2) is 4.97. The molecular formula is C11H11N3O2. The fraction of sp³-hybridized carbons (Fsp3) is 0.0909. The minimum Gasteiger partial charge on any atom is -0.467 e. The summed E-state index contributed by atoms with van der Waals surface area (Å²) in [5, 5.41) is 5.34. The van der Waals surface area contributed by atoms with Gasteiger partial charge in [-0.05, 0) is 24.3 Å². The number of anilines is 1. The van der Waals surface area contributed by atoms with E-state index in [2.05, 4.69) is 15.6 Å². The largest absolute Gasteiger partial charge is 0.467 e. The number of carbonyl (C=O) groups excluding carboxylic acids is 1. The van der Waals surface area contributed by atoms with Gasteiger partial charge in [-0.15, -0.1) is 0 Å². The van der Waals surface area contributed by atoms with Crippen LogP contribution in [0.25, 0.3) is 0 Å². The number of amides is 2. The van der Waals surface area contributed by atoms with Crippen molar-refractivity contribution in [2.45, 2.75) is 6.54 Å². The van der Waals surface area contributed by atoms with Crippen molar-refractivity contribution in [3.05, 3.63) is 48.7 Å². The Kier molecular flexibility index (Phi) is 3.18. The van der Waals surface area contributed by atoms with Crippen molar-refractivity contribution in [2.24, 2.45) is 0 Å². The van der Waals surface area contributed by atoms with E-state index < -0.39 is 0 Å². The van der Waals surface area contributed by atoms with Crippen LogP contribution in [0.4, 0.5) is 10.5 Å². The van der Waals surface area contributed by atoms with Crippen molar-refractivity contribution in [2.75, 3.05) is 5.32 Å². The number of carbonyl (C=O) groups is 1. The first-order valence-corrected chi connectivity index (χ1v) is 4.82. The molecule has 5 heteroatoms. The molecule has 2 amide bonds. The highest BCUT2D eigenvalue weighted by Crippen LogP contribution is 2.03. The predicted octanol–water partition coefficient (Wildman–Crippen LogP) is 2.00. The number of nitrogens with zero attached hydrogens (tertiary/aromatic N) is 1. The standard InChI is InChI=1S/C11H11N3O2/c15-11(13-8-10-2-1-7-16-10)14-9-3-5-12-6-4-9/h1-7H,8H2,(H2,12,13,14,15). The molecule has 0 radical (unpaired) electrons. The van der Waals surface area contributed by atoms with Crippen LogP contribution >= 0.6 is 0 Å². The molecular weight excluding hydrogens is 206 g/mol. The fourth-order valence-electron chi connectivity index (χ4n) is 1.19. The van der Waals surface area contributed by atoms with Crippen LogP contribution in [-0.2, 0) is 6.54 Å². The smallest absolute Gasteiger partial charge is 0.319 e. The zero-order valence-electron chi connectivity index (χ0n) is 8.51. The Morgan fingerprint density at radius 2 is 2.12 bits per heavy atom. The van der Waals surface area contributed by atoms with Gasteiger partial charge in [-0.3, -0.25) is 4.98 Å². The number of rotatable bonds is 3. The van der Waals surface area contributed by atoms with Crippen molar-refractivity contribution in [3.8, 4) is 0 Å². The normalized spacial score (nSPS) is 9.75. The van der Waals surface area contributed by atoms with Crippen LogP contribution in [-0.4, -0.2) is 11.0 Å². The molecule has 0 aliphatic heterocycles. The van der Waals surface area contributed by atoms with Crippen molar-refractivity contribution in [1.29, 1.82) is 0 Å². The van der Waals surface area contributed by atoms with Gasteiger partial charge < -0.3 is 15.1 Å². The molecule has 2 heterocycles. The maximum atomic E-state index is 11.4. The Morgan fingerprint density at radius 3 is 2.81 bits per heavy atom. The molecule has 0 spiro atoms. The maximum absolute atomic E-state index is 11.4. The number of furan rings is 1. The lowest BCUT2D eigenvalue weighted by Gasteiger charge is -2.05. The van der Waals surface area contributed by atoms with Crippen LogP contribution in [0.3, 0.4) is 0 Å². The van der Waals surface area contributed by atoms with Gasteiger partial charge in [0.1, 0.15) is 5.76 Å². The molecule has 2 aromatic rings. The monoisotopic (exact) mass is 217 g/mol. The number of hydrogen-bond donors (Lipinski definition) is 2. The van der Waals surface area contributed by atoms with E-state index in [-0.39, 0.29) is 6.03 Å². The van der Waals surface area contributed by atoms with E-state index in [4.69, 9.17) is 4.42 Å². The van der Waals surface area contributed by atoms with Gasteiger partial charge in [-0.25, -0.2) is 4.79 Å². The molecule has 2 aromatic heterocycles. The topological polar surface area (TPSA) is 67.2 Å². The first-order valence-electron chi connectivity index (χ1n) is 4.82. The molecule has 0 atom stereocenters. The second-order valence-electron chi connectivity index (χ2n) is 3.12. The van der Waals surface area contributed by atoms with E-state index in [9.17, 15) is 4.79 Å². The van der Waals surface area contributed by atoms with Crippen molar-refractivity contribution >= 4 is 11.7 Å². The summed E-state index contributed by atoms with van der Waals surface area (Å²) in [6.07, 6.45) is 4.79. The van der Waals surface area contributed by atoms with Gasteiger partial charge >= 0.3 is 6.03 Å². The lowest BCUT2D eigenvalue weighted by molar-refractivity contribution is 0.251. The molecule has 0 saturated heterocycles. The second-order valence-corrected chi connectivity index (χ2v) is 3.12. The Balaban J connectivity index is 1.81. The molecule has 0 saturated carbocycles. The highest BCUT2D eigenvalue weighted by Gasteiger charge is 2.01. The van der Waals surface area contributed by atoms with Crippen LogP contribution in [0.5, 0.6) is 0 Å². The third-order valence-corrected chi connectivity index (χ3v) is 1.94. The zero-order valence-corrected chi connectivity index (χ0v) is 8.51. The summed E-state index contributed by atoms with van der Waals surface area (Å²) < 4.78 is 5.08. The number of pyridine rings is 1. The first kappa shape index (κ1) is 10.2. The quantitative estimate of drug-likeness (QED) is 0.826. The fourth-order valence-corrected chi connectivity index (χ4v) is 1.19. The van der Waals surface area contributed by atoms with E-state index in [1.54, 1.807) is 42.9 Å². The van der Waals surface area contributed by atoms with Gasteiger partial charge in [0, 0.05) is 18.1 Å². The molecule has 0 aliphatic rings. The SMILES string of the molecule is O=C(NCc1ccco1)Nc1ccncc1. The van der Waals surface area contributed by atoms with E-state index in [1.807, 2.05) is 0 Å². The van der Waals surface area contributed by atoms with Crippen molar-refractivity contribution in [1.82, 2.24) is 10.3 Å². The highest BCUT2D eigenvalue weighted by atomic mass is 16.3. The third kappa shape index (κ3) is 2.84. The van der Waals surface area contributed by atoms with E-state index >= 15 is 0 Å². The number of urea groups is 1. The molecule has 0 aromatic carbocycles. The number of hydrogen-bond acceptors (Lipinski definition) is 3. The van der Waals surface area contributed by atoms with E-state index in [0.717, 1.165) is 0 Å². The van der Waals surface area contributed by atoms with Crippen LogP contribution in [0.2, 0.25) is 0 Å². The molecule has 0 fully saturated rings.